The van der Waals surface area contributed by atoms with Crippen LogP contribution in [0.4, 0.5) is 13.2 Å². The van der Waals surface area contributed by atoms with Crippen molar-refractivity contribution in [3.05, 3.63) is 17.5 Å². The zero-order valence-electron chi connectivity index (χ0n) is 7.36. The summed E-state index contributed by atoms with van der Waals surface area (Å²) in [5, 5.41) is 8.47. The summed E-state index contributed by atoms with van der Waals surface area (Å²) in [5.74, 6) is 0. The summed E-state index contributed by atoms with van der Waals surface area (Å²) in [4.78, 5) is 0. The van der Waals surface area contributed by atoms with Crippen molar-refractivity contribution in [1.29, 1.82) is 0 Å². The van der Waals surface area contributed by atoms with Crippen molar-refractivity contribution in [3.8, 4) is 0 Å². The summed E-state index contributed by atoms with van der Waals surface area (Å²) in [6, 6.07) is -0.203. The van der Waals surface area contributed by atoms with E-state index in [1.807, 2.05) is 5.10 Å². The van der Waals surface area contributed by atoms with Crippen LogP contribution in [-0.4, -0.2) is 16.7 Å². The number of hydrogen-bond acceptors (Lipinski definition) is 2. The smallest absolute Gasteiger partial charge is 0.310 e. The molecule has 2 heterocycles. The normalized spacial score (nSPS) is 22.9. The van der Waals surface area contributed by atoms with E-state index in [9.17, 15) is 13.2 Å². The van der Waals surface area contributed by atoms with Gasteiger partial charge in [-0.1, -0.05) is 0 Å². The number of hydrogen-bond donors (Lipinski definition) is 2. The number of H-pyrrole nitrogens is 1. The maximum Gasteiger partial charge on any atom is 0.433 e. The predicted molar refractivity (Wildman–Crippen MR) is 43.6 cm³/mol. The van der Waals surface area contributed by atoms with Gasteiger partial charge >= 0.3 is 6.18 Å². The molecule has 0 radical (unpaired) electrons. The van der Waals surface area contributed by atoms with Crippen molar-refractivity contribution in [3.63, 3.8) is 0 Å². The average Bonchev–Trinajstić information content (AvgIpc) is 2.73. The van der Waals surface area contributed by atoms with Gasteiger partial charge in [0.1, 0.15) is 5.69 Å². The van der Waals surface area contributed by atoms with Gasteiger partial charge in [0.15, 0.2) is 0 Å². The van der Waals surface area contributed by atoms with Gasteiger partial charge in [0.2, 0.25) is 0 Å². The molecule has 1 aromatic heterocycles. The Balaban J connectivity index is 2.29. The van der Waals surface area contributed by atoms with Gasteiger partial charge in [0, 0.05) is 11.6 Å². The first-order chi connectivity index (χ1) is 6.59. The molecule has 1 aliphatic heterocycles. The zero-order chi connectivity index (χ0) is 10.2. The van der Waals surface area contributed by atoms with Crippen molar-refractivity contribution in [2.45, 2.75) is 25.1 Å². The second-order valence-electron chi connectivity index (χ2n) is 3.35. The number of nitrogens with zero attached hydrogens (tertiary/aromatic N) is 1. The summed E-state index contributed by atoms with van der Waals surface area (Å²) < 4.78 is 37.3. The highest BCUT2D eigenvalue weighted by Gasteiger charge is 2.37. The first kappa shape index (κ1) is 9.51. The van der Waals surface area contributed by atoms with E-state index < -0.39 is 11.9 Å². The summed E-state index contributed by atoms with van der Waals surface area (Å²) in [5.41, 5.74) is -0.494. The van der Waals surface area contributed by atoms with Crippen molar-refractivity contribution >= 4 is 0 Å². The third kappa shape index (κ3) is 1.61. The minimum absolute atomic E-state index is 0.203. The molecule has 1 atom stereocenters. The lowest BCUT2D eigenvalue weighted by Gasteiger charge is -2.12. The number of aromatic amines is 1. The lowest BCUT2D eigenvalue weighted by atomic mass is 10.1. The topological polar surface area (TPSA) is 40.7 Å². The van der Waals surface area contributed by atoms with Gasteiger partial charge in [0.05, 0.1) is 6.20 Å². The van der Waals surface area contributed by atoms with Crippen LogP contribution in [0.1, 0.15) is 30.1 Å². The van der Waals surface area contributed by atoms with E-state index in [0.717, 1.165) is 19.4 Å². The third-order valence-electron chi connectivity index (χ3n) is 2.39. The molecular weight excluding hydrogens is 195 g/mol. The van der Waals surface area contributed by atoms with Crippen molar-refractivity contribution in [1.82, 2.24) is 15.5 Å². The van der Waals surface area contributed by atoms with Crippen LogP contribution in [0.5, 0.6) is 0 Å². The Morgan fingerprint density at radius 3 is 2.79 bits per heavy atom. The van der Waals surface area contributed by atoms with Crippen LogP contribution in [0.3, 0.4) is 0 Å². The van der Waals surface area contributed by atoms with Gasteiger partial charge in [-0.25, -0.2) is 0 Å². The molecule has 0 spiro atoms. The molecule has 1 fully saturated rings. The van der Waals surface area contributed by atoms with E-state index in [-0.39, 0.29) is 11.6 Å². The number of halogens is 3. The van der Waals surface area contributed by atoms with E-state index in [2.05, 4.69) is 10.4 Å². The van der Waals surface area contributed by atoms with E-state index >= 15 is 0 Å². The molecule has 0 aromatic carbocycles. The molecule has 0 saturated carbocycles. The molecule has 1 aromatic rings. The molecule has 2 N–H and O–H groups in total. The van der Waals surface area contributed by atoms with Gasteiger partial charge in [-0.3, -0.25) is 5.10 Å². The Hall–Kier alpha value is -1.04. The van der Waals surface area contributed by atoms with Crippen LogP contribution >= 0.6 is 0 Å². The van der Waals surface area contributed by atoms with Crippen LogP contribution in [0.15, 0.2) is 6.20 Å². The molecule has 3 nitrogen and oxygen atoms in total. The first-order valence-corrected chi connectivity index (χ1v) is 4.43. The fourth-order valence-corrected chi connectivity index (χ4v) is 1.74. The monoisotopic (exact) mass is 205 g/mol. The Kier molecular flexibility index (Phi) is 2.22. The first-order valence-electron chi connectivity index (χ1n) is 4.43. The second-order valence-corrected chi connectivity index (χ2v) is 3.35. The molecule has 1 aliphatic rings. The Labute approximate surface area is 78.7 Å². The standard InChI is InChI=1S/C8H10F3N3/c9-8(10,11)7-5(4-13-14-7)6-2-1-3-12-6/h4,6,12H,1-3H2,(H,13,14). The quantitative estimate of drug-likeness (QED) is 0.734. The summed E-state index contributed by atoms with van der Waals surface area (Å²) >= 11 is 0. The van der Waals surface area contributed by atoms with E-state index in [4.69, 9.17) is 0 Å². The second kappa shape index (κ2) is 3.27. The molecule has 2 rings (SSSR count). The maximum absolute atomic E-state index is 12.4. The number of rotatable bonds is 1. The van der Waals surface area contributed by atoms with E-state index in [1.165, 1.54) is 6.20 Å². The van der Waals surface area contributed by atoms with Gasteiger partial charge < -0.3 is 5.32 Å². The molecule has 6 heteroatoms. The largest absolute Gasteiger partial charge is 0.433 e. The molecular formula is C8H10F3N3. The van der Waals surface area contributed by atoms with Crippen LogP contribution in [0, 0.1) is 0 Å². The van der Waals surface area contributed by atoms with Crippen molar-refractivity contribution in [2.24, 2.45) is 0 Å². The SMILES string of the molecule is FC(F)(F)c1[nH]ncc1C1CCCN1. The van der Waals surface area contributed by atoms with Crippen LogP contribution < -0.4 is 5.32 Å². The van der Waals surface area contributed by atoms with Gasteiger partial charge in [-0.2, -0.15) is 18.3 Å². The third-order valence-corrected chi connectivity index (χ3v) is 2.39. The molecule has 0 aliphatic carbocycles. The highest BCUT2D eigenvalue weighted by molar-refractivity contribution is 5.24. The Morgan fingerprint density at radius 1 is 1.43 bits per heavy atom. The molecule has 1 unspecified atom stereocenters. The fourth-order valence-electron chi connectivity index (χ4n) is 1.74. The molecule has 78 valence electrons. The van der Waals surface area contributed by atoms with Crippen molar-refractivity contribution in [2.75, 3.05) is 6.54 Å². The summed E-state index contributed by atoms with van der Waals surface area (Å²) in [7, 11) is 0. The van der Waals surface area contributed by atoms with Crippen molar-refractivity contribution < 1.29 is 13.2 Å². The minimum atomic E-state index is -4.34. The summed E-state index contributed by atoms with van der Waals surface area (Å²) in [6.07, 6.45) is -1.43. The highest BCUT2D eigenvalue weighted by Crippen LogP contribution is 2.35. The van der Waals surface area contributed by atoms with Crippen LogP contribution in [0.25, 0.3) is 0 Å². The van der Waals surface area contributed by atoms with E-state index in [1.54, 1.807) is 0 Å². The van der Waals surface area contributed by atoms with Crippen LogP contribution in [-0.2, 0) is 6.18 Å². The Morgan fingerprint density at radius 2 is 2.21 bits per heavy atom. The van der Waals surface area contributed by atoms with Crippen LogP contribution in [0.2, 0.25) is 0 Å². The number of aromatic nitrogens is 2. The highest BCUT2D eigenvalue weighted by atomic mass is 19.4. The van der Waals surface area contributed by atoms with Gasteiger partial charge in [-0.15, -0.1) is 0 Å². The zero-order valence-corrected chi connectivity index (χ0v) is 7.36. The fraction of sp³-hybridized carbons (Fsp3) is 0.625. The average molecular weight is 205 g/mol. The maximum atomic E-state index is 12.4. The number of alkyl halides is 3. The summed E-state index contributed by atoms with van der Waals surface area (Å²) in [6.45, 7) is 0.771. The molecule has 0 amide bonds. The molecule has 0 bridgehead atoms. The minimum Gasteiger partial charge on any atom is -0.310 e. The molecule has 14 heavy (non-hydrogen) atoms. The van der Waals surface area contributed by atoms with Gasteiger partial charge in [-0.05, 0) is 19.4 Å². The van der Waals surface area contributed by atoms with E-state index in [0.29, 0.717) is 0 Å². The lowest BCUT2D eigenvalue weighted by molar-refractivity contribution is -0.142. The molecule has 1 saturated heterocycles. The van der Waals surface area contributed by atoms with Gasteiger partial charge in [0.25, 0.3) is 0 Å². The Bertz CT molecular complexity index is 312. The predicted octanol–water partition coefficient (Wildman–Crippen LogP) is 1.85. The lowest BCUT2D eigenvalue weighted by Crippen LogP contribution is -2.17. The number of nitrogens with one attached hydrogen (secondary N) is 2.